The van der Waals surface area contributed by atoms with Crippen molar-refractivity contribution >= 4 is 87.5 Å². The molecule has 0 amide bonds. The average molecular weight is 1180 g/mol. The molecule has 6 nitrogen and oxygen atoms in total. The van der Waals surface area contributed by atoms with E-state index in [1.165, 1.54) is 54.8 Å². The third-order valence-corrected chi connectivity index (χ3v) is 16.4. The molecule has 0 unspecified atom stereocenters. The summed E-state index contributed by atoms with van der Waals surface area (Å²) in [5.74, 6) is 1.30. The molecule has 0 radical (unpaired) electrons. The second kappa shape index (κ2) is 17.4. The first kappa shape index (κ1) is 48.8. The van der Waals surface area contributed by atoms with Gasteiger partial charge in [-0.05, 0) is 109 Å². The Bertz CT molecular complexity index is 4700. The smallest absolute Gasteiger partial charge is 0.149 e. The van der Waals surface area contributed by atoms with Crippen molar-refractivity contribution in [2.75, 3.05) is 0 Å². The van der Waals surface area contributed by atoms with Crippen LogP contribution in [0.1, 0.15) is 103 Å². The minimum Gasteiger partial charge on any atom is -0.507 e. The van der Waals surface area contributed by atoms with E-state index in [4.69, 9.17) is 9.97 Å². The Labute approximate surface area is 463 Å². The third-order valence-electron chi connectivity index (χ3n) is 16.4. The zero-order valence-electron chi connectivity index (χ0n) is 45.2. The van der Waals surface area contributed by atoms with Gasteiger partial charge in [0.15, 0.2) is 0 Å². The summed E-state index contributed by atoms with van der Waals surface area (Å²) >= 11 is 0. The molecule has 0 fully saturated rings. The van der Waals surface area contributed by atoms with Gasteiger partial charge in [-0.25, -0.2) is 4.98 Å². The standard InChI is InChI=1S/C70H60N5O.Pt/c1-39(2)51-35-42(41-21-12-11-13-22-41)36-52(40(3)4)65(51)75-59-32-20-26-46(63(59)72-68(75)53-37-43(69(5,6)7)38-54(66(53)76)70(8,9)10)45-25-19-31-58-62(45)71-67-50-33-34-57-61(60(50)48-24-15-17-30-56(48)74(58)67)49-28-18-27-47-44-23-14-16-29-55(44)73(57)64(47)49;/h11-32,34-40,76H,1-10H3;/q-1;. The van der Waals surface area contributed by atoms with Gasteiger partial charge in [0.2, 0.25) is 0 Å². The number of hydrogen-bond donors (Lipinski definition) is 1. The van der Waals surface area contributed by atoms with Crippen molar-refractivity contribution in [3.05, 3.63) is 192 Å². The molecule has 7 heteroatoms. The summed E-state index contributed by atoms with van der Waals surface area (Å²) in [6.07, 6.45) is 0. The molecule has 9 aromatic carbocycles. The fourth-order valence-corrected chi connectivity index (χ4v) is 12.7. The number of fused-ring (bicyclic) bond motifs is 16. The normalized spacial score (nSPS) is 12.7. The molecule has 0 aliphatic rings. The quantitative estimate of drug-likeness (QED) is 0.133. The molecular weight excluding hydrogens is 1120 g/mol. The molecule has 0 saturated carbocycles. The van der Waals surface area contributed by atoms with Crippen LogP contribution in [-0.4, -0.2) is 28.4 Å². The number of imidazole rings is 2. The van der Waals surface area contributed by atoms with Crippen molar-refractivity contribution in [3.8, 4) is 45.1 Å². The van der Waals surface area contributed by atoms with Gasteiger partial charge >= 0.3 is 0 Å². The van der Waals surface area contributed by atoms with Gasteiger partial charge in [0.1, 0.15) is 11.6 Å². The van der Waals surface area contributed by atoms with Crippen LogP contribution in [0.2, 0.25) is 0 Å². The van der Waals surface area contributed by atoms with Gasteiger partial charge in [0.25, 0.3) is 0 Å². The van der Waals surface area contributed by atoms with E-state index >= 15 is 0 Å². The van der Waals surface area contributed by atoms with Gasteiger partial charge in [0, 0.05) is 59.6 Å². The van der Waals surface area contributed by atoms with E-state index in [0.29, 0.717) is 5.82 Å². The second-order valence-electron chi connectivity index (χ2n) is 23.9. The number of phenols is 1. The number of benzene rings is 9. The van der Waals surface area contributed by atoms with Crippen LogP contribution in [0.5, 0.6) is 5.75 Å². The second-order valence-corrected chi connectivity index (χ2v) is 23.9. The van der Waals surface area contributed by atoms with E-state index in [-0.39, 0.29) is 49.5 Å². The van der Waals surface area contributed by atoms with E-state index < -0.39 is 0 Å². The molecule has 1 N–H and O–H groups in total. The van der Waals surface area contributed by atoms with Crippen LogP contribution in [0.4, 0.5) is 0 Å². The van der Waals surface area contributed by atoms with E-state index in [1.807, 2.05) is 0 Å². The van der Waals surface area contributed by atoms with E-state index in [9.17, 15) is 5.11 Å². The Balaban J connectivity index is 0.00000566. The fraction of sp³-hybridized carbons (Fsp3) is 0.200. The van der Waals surface area contributed by atoms with E-state index in [0.717, 1.165) is 88.4 Å². The molecule has 0 saturated heterocycles. The molecule has 14 aromatic rings. The molecule has 14 rings (SSSR count). The SMILES string of the molecule is CC(C)c1cc(-c2ccccc2)cc(C(C)C)c1-n1c(-c2cc(C(C)(C)C)cc(C(C)(C)C)c2O)nc2c(-c3cccc4c3nc3c5[c-]cc6c(c7cccc8c9ccccc9n6c87)c5c5ccccc5n43)cccc21.[Pt]. The van der Waals surface area contributed by atoms with Gasteiger partial charge < -0.3 is 13.9 Å². The summed E-state index contributed by atoms with van der Waals surface area (Å²) in [5.41, 5.74) is 19.4. The van der Waals surface area contributed by atoms with Crippen LogP contribution < -0.4 is 0 Å². The van der Waals surface area contributed by atoms with Crippen LogP contribution in [-0.2, 0) is 31.9 Å². The van der Waals surface area contributed by atoms with E-state index in [2.05, 4.69) is 252 Å². The van der Waals surface area contributed by atoms with Gasteiger partial charge in [-0.2, -0.15) is 0 Å². The number of para-hydroxylation sites is 5. The summed E-state index contributed by atoms with van der Waals surface area (Å²) in [6, 6.07) is 63.3. The van der Waals surface area contributed by atoms with Crippen molar-refractivity contribution in [1.82, 2.24) is 23.3 Å². The molecule has 0 aliphatic carbocycles. The van der Waals surface area contributed by atoms with Gasteiger partial charge in [0.05, 0.1) is 44.5 Å². The number of hydrogen-bond acceptors (Lipinski definition) is 3. The fourth-order valence-electron chi connectivity index (χ4n) is 12.7. The summed E-state index contributed by atoms with van der Waals surface area (Å²) in [4.78, 5) is 11.6. The molecule has 382 valence electrons. The number of aromatic nitrogens is 5. The number of rotatable bonds is 6. The maximum absolute atomic E-state index is 12.8. The molecule has 5 heterocycles. The van der Waals surface area contributed by atoms with Crippen LogP contribution in [0, 0.1) is 6.07 Å². The van der Waals surface area contributed by atoms with Gasteiger partial charge in [-0.1, -0.05) is 201 Å². The van der Waals surface area contributed by atoms with Crippen molar-refractivity contribution < 1.29 is 26.2 Å². The molecular formula is C70H60N5OPt-. The number of aromatic hydroxyl groups is 1. The van der Waals surface area contributed by atoms with Crippen molar-refractivity contribution in [3.63, 3.8) is 0 Å². The van der Waals surface area contributed by atoms with Gasteiger partial charge in [-0.15, -0.1) is 12.1 Å². The monoisotopic (exact) mass is 1180 g/mol. The molecule has 77 heavy (non-hydrogen) atoms. The van der Waals surface area contributed by atoms with Gasteiger partial charge in [-0.3, -0.25) is 9.55 Å². The van der Waals surface area contributed by atoms with Crippen LogP contribution >= 0.6 is 0 Å². The van der Waals surface area contributed by atoms with Crippen LogP contribution in [0.25, 0.3) is 127 Å². The molecule has 0 atom stereocenters. The first-order valence-corrected chi connectivity index (χ1v) is 27.0. The predicted molar refractivity (Wildman–Crippen MR) is 319 cm³/mol. The van der Waals surface area contributed by atoms with Crippen molar-refractivity contribution in [2.24, 2.45) is 0 Å². The number of pyridine rings is 1. The largest absolute Gasteiger partial charge is 0.507 e. The zero-order valence-corrected chi connectivity index (χ0v) is 47.5. The summed E-state index contributed by atoms with van der Waals surface area (Å²) in [6.45, 7) is 22.5. The molecule has 0 spiro atoms. The first-order valence-electron chi connectivity index (χ1n) is 27.0. The number of phenolic OH excluding ortho intramolecular Hbond substituents is 1. The Hall–Kier alpha value is -7.79. The molecule has 5 aromatic heterocycles. The minimum absolute atomic E-state index is 0. The minimum atomic E-state index is -0.344. The van der Waals surface area contributed by atoms with Crippen LogP contribution in [0.15, 0.2) is 164 Å². The van der Waals surface area contributed by atoms with Crippen molar-refractivity contribution in [2.45, 2.75) is 91.9 Å². The third kappa shape index (κ3) is 7.10. The maximum atomic E-state index is 12.8. The molecule has 0 aliphatic heterocycles. The van der Waals surface area contributed by atoms with Crippen LogP contribution in [0.3, 0.4) is 0 Å². The zero-order chi connectivity index (χ0) is 52.3. The Morgan fingerprint density at radius 2 is 1.06 bits per heavy atom. The summed E-state index contributed by atoms with van der Waals surface area (Å²) in [5, 5.41) is 21.1. The number of nitrogens with zero attached hydrogens (tertiary/aromatic N) is 5. The average Bonchev–Trinajstić information content (AvgIpc) is 4.23. The van der Waals surface area contributed by atoms with E-state index in [1.54, 1.807) is 0 Å². The first-order chi connectivity index (χ1) is 36.6. The molecule has 0 bridgehead atoms. The van der Waals surface area contributed by atoms with Crippen molar-refractivity contribution in [1.29, 1.82) is 0 Å². The Kier molecular flexibility index (Phi) is 11.0. The predicted octanol–water partition coefficient (Wildman–Crippen LogP) is 18.6. The summed E-state index contributed by atoms with van der Waals surface area (Å²) in [7, 11) is 0. The topological polar surface area (TPSA) is 59.8 Å². The Morgan fingerprint density at radius 1 is 0.494 bits per heavy atom. The summed E-state index contributed by atoms with van der Waals surface area (Å²) < 4.78 is 7.16. The Morgan fingerprint density at radius 3 is 1.73 bits per heavy atom. The maximum Gasteiger partial charge on any atom is 0.149 e.